The van der Waals surface area contributed by atoms with E-state index in [0.717, 1.165) is 32.0 Å². The van der Waals surface area contributed by atoms with Crippen molar-refractivity contribution in [2.75, 3.05) is 26.2 Å². The van der Waals surface area contributed by atoms with Crippen LogP contribution in [-0.4, -0.2) is 31.7 Å². The molecule has 142 valence electrons. The highest BCUT2D eigenvalue weighted by atomic mass is 35.5. The smallest absolute Gasteiger partial charge is 0.0194 e. The molecule has 0 radical (unpaired) electrons. The zero-order valence-corrected chi connectivity index (χ0v) is 16.8. The largest absolute Gasteiger partial charge is 0.330 e. The molecule has 0 aromatic rings. The van der Waals surface area contributed by atoms with Gasteiger partial charge in [-0.1, -0.05) is 13.8 Å². The Hall–Kier alpha value is 0.170. The predicted octanol–water partition coefficient (Wildman–Crippen LogP) is 3.86. The van der Waals surface area contributed by atoms with E-state index in [1.165, 1.54) is 64.3 Å². The second-order valence-electron chi connectivity index (χ2n) is 9.79. The average molecular weight is 358 g/mol. The lowest BCUT2D eigenvalue weighted by Crippen LogP contribution is -2.64. The summed E-state index contributed by atoms with van der Waals surface area (Å²) in [6.45, 7) is 9.47. The van der Waals surface area contributed by atoms with E-state index in [9.17, 15) is 0 Å². The van der Waals surface area contributed by atoms with Crippen LogP contribution in [0.1, 0.15) is 78.1 Å². The Balaban J connectivity index is 0.00000208. The van der Waals surface area contributed by atoms with E-state index in [1.807, 2.05) is 0 Å². The van der Waals surface area contributed by atoms with E-state index in [-0.39, 0.29) is 12.4 Å². The Morgan fingerprint density at radius 3 is 2.00 bits per heavy atom. The Morgan fingerprint density at radius 2 is 1.42 bits per heavy atom. The van der Waals surface area contributed by atoms with Crippen molar-refractivity contribution >= 4 is 12.4 Å². The van der Waals surface area contributed by atoms with E-state index < -0.39 is 0 Å². The molecule has 0 aromatic carbocycles. The van der Waals surface area contributed by atoms with Crippen LogP contribution in [0.3, 0.4) is 0 Å². The Kier molecular flexibility index (Phi) is 7.03. The van der Waals surface area contributed by atoms with Crippen LogP contribution in [0.2, 0.25) is 0 Å². The molecule has 0 heterocycles. The van der Waals surface area contributed by atoms with Gasteiger partial charge in [0.15, 0.2) is 0 Å². The molecule has 4 aliphatic rings. The number of nitrogens with one attached hydrogen (secondary N) is 2. The first-order valence-corrected chi connectivity index (χ1v) is 10.1. The minimum Gasteiger partial charge on any atom is -0.330 e. The summed E-state index contributed by atoms with van der Waals surface area (Å²) in [7, 11) is 0. The van der Waals surface area contributed by atoms with Crippen LogP contribution >= 0.6 is 12.4 Å². The molecule has 4 saturated carbocycles. The highest BCUT2D eigenvalue weighted by Crippen LogP contribution is 2.66. The Labute approximate surface area is 155 Å². The molecule has 3 nitrogen and oxygen atoms in total. The molecule has 0 spiro atoms. The van der Waals surface area contributed by atoms with Gasteiger partial charge in [-0.2, -0.15) is 0 Å². The van der Waals surface area contributed by atoms with Gasteiger partial charge in [0.25, 0.3) is 0 Å². The van der Waals surface area contributed by atoms with Gasteiger partial charge >= 0.3 is 0 Å². The van der Waals surface area contributed by atoms with Crippen LogP contribution in [0, 0.1) is 16.7 Å². The summed E-state index contributed by atoms with van der Waals surface area (Å²) in [4.78, 5) is 0. The molecule has 4 rings (SSSR count). The van der Waals surface area contributed by atoms with Gasteiger partial charge in [0.2, 0.25) is 0 Å². The maximum absolute atomic E-state index is 5.52. The molecule has 2 unspecified atom stereocenters. The van der Waals surface area contributed by atoms with Crippen molar-refractivity contribution in [3.05, 3.63) is 0 Å². The summed E-state index contributed by atoms with van der Waals surface area (Å²) >= 11 is 0. The summed E-state index contributed by atoms with van der Waals surface area (Å²) in [5.41, 5.74) is 7.26. The monoisotopic (exact) mass is 357 g/mol. The van der Waals surface area contributed by atoms with E-state index in [0.29, 0.717) is 16.4 Å². The maximum Gasteiger partial charge on any atom is 0.0194 e. The quantitative estimate of drug-likeness (QED) is 0.520. The minimum absolute atomic E-state index is 0. The van der Waals surface area contributed by atoms with Crippen LogP contribution in [0.25, 0.3) is 0 Å². The van der Waals surface area contributed by atoms with Crippen LogP contribution in [0.5, 0.6) is 0 Å². The molecule has 2 atom stereocenters. The molecular formula is C20H40ClN3. The van der Waals surface area contributed by atoms with Crippen LogP contribution < -0.4 is 16.4 Å². The first-order chi connectivity index (χ1) is 11.0. The number of hydrogen-bond donors (Lipinski definition) is 3. The van der Waals surface area contributed by atoms with E-state index >= 15 is 0 Å². The number of nitrogens with two attached hydrogens (primary N) is 1. The van der Waals surface area contributed by atoms with Gasteiger partial charge in [0.1, 0.15) is 0 Å². The zero-order chi connectivity index (χ0) is 16.4. The van der Waals surface area contributed by atoms with Gasteiger partial charge in [0.05, 0.1) is 0 Å². The standard InChI is InChI=1S/C20H39N3.ClH/c1-18-11-17-12-19(2,14-18)16-20(13-17,15-18)23-10-6-5-9-22-8-4-3-7-21;/h17,22-23H,3-16,21H2,1-2H3;1H. The summed E-state index contributed by atoms with van der Waals surface area (Å²) in [5.74, 6) is 0.998. The van der Waals surface area contributed by atoms with Crippen molar-refractivity contribution in [2.45, 2.75) is 83.6 Å². The molecular weight excluding hydrogens is 318 g/mol. The summed E-state index contributed by atoms with van der Waals surface area (Å²) in [6.07, 6.45) is 13.8. The van der Waals surface area contributed by atoms with Gasteiger partial charge in [-0.3, -0.25) is 0 Å². The third kappa shape index (κ3) is 4.87. The minimum atomic E-state index is 0. The first-order valence-electron chi connectivity index (χ1n) is 10.1. The second kappa shape index (κ2) is 8.24. The fourth-order valence-corrected chi connectivity index (χ4v) is 6.89. The molecule has 0 aliphatic heterocycles. The molecule has 4 fully saturated rings. The summed E-state index contributed by atoms with van der Waals surface area (Å²) in [6, 6.07) is 0. The summed E-state index contributed by atoms with van der Waals surface area (Å²) in [5, 5.41) is 7.59. The lowest BCUT2D eigenvalue weighted by atomic mass is 9.43. The molecule has 0 amide bonds. The third-order valence-corrected chi connectivity index (χ3v) is 6.71. The van der Waals surface area contributed by atoms with Gasteiger partial charge in [-0.25, -0.2) is 0 Å². The normalized spacial score (nSPS) is 39.9. The van der Waals surface area contributed by atoms with Gasteiger partial charge < -0.3 is 16.4 Å². The van der Waals surface area contributed by atoms with Crippen molar-refractivity contribution in [3.8, 4) is 0 Å². The molecule has 0 aromatic heterocycles. The van der Waals surface area contributed by atoms with E-state index in [4.69, 9.17) is 5.73 Å². The molecule has 4 N–H and O–H groups in total. The number of rotatable bonds is 10. The van der Waals surface area contributed by atoms with E-state index in [1.54, 1.807) is 0 Å². The Bertz CT molecular complexity index is 382. The topological polar surface area (TPSA) is 50.1 Å². The maximum atomic E-state index is 5.52. The number of halogens is 1. The van der Waals surface area contributed by atoms with Gasteiger partial charge in [0, 0.05) is 5.54 Å². The molecule has 4 aliphatic carbocycles. The Morgan fingerprint density at radius 1 is 0.833 bits per heavy atom. The molecule has 4 heteroatoms. The zero-order valence-electron chi connectivity index (χ0n) is 16.0. The number of unbranched alkanes of at least 4 members (excludes halogenated alkanes) is 2. The van der Waals surface area contributed by atoms with Crippen LogP contribution in [0.15, 0.2) is 0 Å². The average Bonchev–Trinajstić information content (AvgIpc) is 2.41. The molecule has 24 heavy (non-hydrogen) atoms. The highest BCUT2D eigenvalue weighted by molar-refractivity contribution is 5.85. The van der Waals surface area contributed by atoms with Gasteiger partial charge in [-0.05, 0) is 107 Å². The van der Waals surface area contributed by atoms with Crippen molar-refractivity contribution in [3.63, 3.8) is 0 Å². The first kappa shape index (κ1) is 20.5. The summed E-state index contributed by atoms with van der Waals surface area (Å²) < 4.78 is 0. The lowest BCUT2D eigenvalue weighted by Gasteiger charge is -2.65. The van der Waals surface area contributed by atoms with Crippen molar-refractivity contribution < 1.29 is 0 Å². The fraction of sp³-hybridized carbons (Fsp3) is 1.00. The fourth-order valence-electron chi connectivity index (χ4n) is 6.89. The molecule has 0 saturated heterocycles. The molecule has 4 bridgehead atoms. The van der Waals surface area contributed by atoms with E-state index in [2.05, 4.69) is 24.5 Å². The van der Waals surface area contributed by atoms with Crippen molar-refractivity contribution in [1.82, 2.24) is 10.6 Å². The third-order valence-electron chi connectivity index (χ3n) is 6.71. The van der Waals surface area contributed by atoms with Crippen LogP contribution in [0.4, 0.5) is 0 Å². The lowest BCUT2D eigenvalue weighted by molar-refractivity contribution is -0.117. The number of hydrogen-bond acceptors (Lipinski definition) is 3. The van der Waals surface area contributed by atoms with Gasteiger partial charge in [-0.15, -0.1) is 12.4 Å². The van der Waals surface area contributed by atoms with Crippen LogP contribution in [-0.2, 0) is 0 Å². The highest BCUT2D eigenvalue weighted by Gasteiger charge is 2.59. The SMILES string of the molecule is CC12CC3CC(C)(C1)CC(NCCCCNCCCCN)(C3)C2.Cl. The van der Waals surface area contributed by atoms with Crippen molar-refractivity contribution in [2.24, 2.45) is 22.5 Å². The van der Waals surface area contributed by atoms with Crippen molar-refractivity contribution in [1.29, 1.82) is 0 Å². The second-order valence-corrected chi connectivity index (χ2v) is 9.79. The predicted molar refractivity (Wildman–Crippen MR) is 106 cm³/mol.